The third-order valence-electron chi connectivity index (χ3n) is 8.27. The third kappa shape index (κ3) is 2.32. The van der Waals surface area contributed by atoms with Crippen LogP contribution in [0.1, 0.15) is 35.1 Å². The molecule has 0 fully saturated rings. The fourth-order valence-electron chi connectivity index (χ4n) is 6.82. The van der Waals surface area contributed by atoms with Gasteiger partial charge in [-0.25, -0.2) is 0 Å². The van der Waals surface area contributed by atoms with Crippen LogP contribution in [0.5, 0.6) is 11.5 Å². The van der Waals surface area contributed by atoms with Crippen molar-refractivity contribution in [1.82, 2.24) is 0 Å². The number of hydrogen-bond acceptors (Lipinski definition) is 2. The Bertz CT molecular complexity index is 1850. The first-order valence-electron chi connectivity index (χ1n) is 12.9. The lowest BCUT2D eigenvalue weighted by Gasteiger charge is -2.16. The molecular formula is C34H22O2. The lowest BCUT2D eigenvalue weighted by atomic mass is 9.90. The highest BCUT2D eigenvalue weighted by Gasteiger charge is 2.32. The molecule has 1 aliphatic heterocycles. The Balaban J connectivity index is 1.52. The Morgan fingerprint density at radius 3 is 1.36 bits per heavy atom. The van der Waals surface area contributed by atoms with Crippen molar-refractivity contribution in [2.45, 2.75) is 12.8 Å². The predicted octanol–water partition coefficient (Wildman–Crippen LogP) is 8.49. The summed E-state index contributed by atoms with van der Waals surface area (Å²) in [7, 11) is 0. The second-order valence-electron chi connectivity index (χ2n) is 10.2. The number of benzene rings is 6. The van der Waals surface area contributed by atoms with Gasteiger partial charge in [0, 0.05) is 0 Å². The van der Waals surface area contributed by atoms with Gasteiger partial charge in [0.1, 0.15) is 11.5 Å². The van der Waals surface area contributed by atoms with E-state index in [0.29, 0.717) is 13.2 Å². The van der Waals surface area contributed by atoms with Crippen molar-refractivity contribution in [2.24, 2.45) is 0 Å². The molecule has 2 nitrogen and oxygen atoms in total. The van der Waals surface area contributed by atoms with Crippen LogP contribution in [-0.4, -0.2) is 13.2 Å². The zero-order valence-corrected chi connectivity index (χ0v) is 19.7. The smallest absolute Gasteiger partial charge is 0.120 e. The molecule has 3 aliphatic rings. The fourth-order valence-corrected chi connectivity index (χ4v) is 6.82. The van der Waals surface area contributed by atoms with Crippen LogP contribution < -0.4 is 9.47 Å². The monoisotopic (exact) mass is 462 g/mol. The van der Waals surface area contributed by atoms with Gasteiger partial charge in [-0.15, -0.1) is 0 Å². The van der Waals surface area contributed by atoms with E-state index in [4.69, 9.17) is 9.47 Å². The van der Waals surface area contributed by atoms with Crippen LogP contribution in [0.25, 0.3) is 54.2 Å². The Morgan fingerprint density at radius 2 is 0.861 bits per heavy atom. The van der Waals surface area contributed by atoms with Gasteiger partial charge in [-0.05, 0) is 114 Å². The van der Waals surface area contributed by atoms with Crippen LogP contribution >= 0.6 is 0 Å². The Labute approximate surface area is 208 Å². The van der Waals surface area contributed by atoms with Gasteiger partial charge in [-0.2, -0.15) is 0 Å². The lowest BCUT2D eigenvalue weighted by molar-refractivity contribution is 0.267. The van der Waals surface area contributed by atoms with Crippen LogP contribution in [0.2, 0.25) is 0 Å². The summed E-state index contributed by atoms with van der Waals surface area (Å²) >= 11 is 0. The fraction of sp³-hybridized carbons (Fsp3) is 0.118. The molecule has 0 saturated heterocycles. The zero-order chi connectivity index (χ0) is 23.4. The Kier molecular flexibility index (Phi) is 3.51. The van der Waals surface area contributed by atoms with E-state index in [-0.39, 0.29) is 0 Å². The molecule has 4 bridgehead atoms. The molecule has 2 heteroatoms. The van der Waals surface area contributed by atoms with E-state index in [1.807, 2.05) is 0 Å². The molecule has 0 spiro atoms. The molecule has 0 atom stereocenters. The van der Waals surface area contributed by atoms with E-state index in [1.54, 1.807) is 0 Å². The summed E-state index contributed by atoms with van der Waals surface area (Å²) < 4.78 is 12.6. The molecule has 6 aromatic rings. The maximum atomic E-state index is 6.31. The van der Waals surface area contributed by atoms with Gasteiger partial charge in [0.05, 0.1) is 13.2 Å². The summed E-state index contributed by atoms with van der Waals surface area (Å²) in [6.07, 6.45) is 1.93. The van der Waals surface area contributed by atoms with Crippen molar-refractivity contribution in [3.8, 4) is 11.5 Å². The first-order valence-corrected chi connectivity index (χ1v) is 12.9. The number of fused-ring (bicyclic) bond motifs is 4. The largest absolute Gasteiger partial charge is 0.494 e. The third-order valence-corrected chi connectivity index (χ3v) is 8.27. The molecule has 0 aromatic heterocycles. The van der Waals surface area contributed by atoms with E-state index in [2.05, 4.69) is 84.9 Å². The Hall–Kier alpha value is -4.30. The van der Waals surface area contributed by atoms with Gasteiger partial charge in [-0.1, -0.05) is 60.7 Å². The first kappa shape index (κ1) is 19.0. The first-order chi connectivity index (χ1) is 17.8. The molecule has 0 amide bonds. The normalized spacial score (nSPS) is 17.7. The summed E-state index contributed by atoms with van der Waals surface area (Å²) in [6.45, 7) is 1.39. The number of rotatable bonds is 0. The van der Waals surface area contributed by atoms with Crippen molar-refractivity contribution in [3.05, 3.63) is 107 Å². The van der Waals surface area contributed by atoms with Crippen molar-refractivity contribution in [1.29, 1.82) is 0 Å². The van der Waals surface area contributed by atoms with Crippen molar-refractivity contribution in [2.75, 3.05) is 13.2 Å². The highest BCUT2D eigenvalue weighted by atomic mass is 16.5. The zero-order valence-electron chi connectivity index (χ0n) is 19.7. The second kappa shape index (κ2) is 6.67. The van der Waals surface area contributed by atoms with E-state index in [9.17, 15) is 0 Å². The maximum Gasteiger partial charge on any atom is 0.120 e. The summed E-state index contributed by atoms with van der Waals surface area (Å²) in [4.78, 5) is 0. The summed E-state index contributed by atoms with van der Waals surface area (Å²) in [5.74, 6) is 1.90. The number of hydrogen-bond donors (Lipinski definition) is 0. The molecular weight excluding hydrogens is 440 g/mol. The molecule has 0 unspecified atom stereocenters. The van der Waals surface area contributed by atoms with Crippen molar-refractivity contribution < 1.29 is 9.47 Å². The summed E-state index contributed by atoms with van der Waals surface area (Å²) in [5.41, 5.74) is 7.83. The molecule has 170 valence electrons. The Morgan fingerprint density at radius 1 is 0.417 bits per heavy atom. The minimum absolute atomic E-state index is 0.694. The van der Waals surface area contributed by atoms with Crippen LogP contribution in [0.15, 0.2) is 84.9 Å². The van der Waals surface area contributed by atoms with Crippen molar-refractivity contribution >= 4 is 54.2 Å². The molecule has 9 rings (SSSR count). The van der Waals surface area contributed by atoms with Gasteiger partial charge in [-0.3, -0.25) is 0 Å². The van der Waals surface area contributed by atoms with Crippen molar-refractivity contribution in [3.63, 3.8) is 0 Å². The minimum atomic E-state index is 0.694. The highest BCUT2D eigenvalue weighted by Crippen LogP contribution is 2.55. The van der Waals surface area contributed by atoms with Crippen LogP contribution in [0.4, 0.5) is 0 Å². The predicted molar refractivity (Wildman–Crippen MR) is 148 cm³/mol. The average Bonchev–Trinajstić information content (AvgIpc) is 3.41. The quantitative estimate of drug-likeness (QED) is 0.210. The van der Waals surface area contributed by atoms with E-state index in [1.165, 1.54) is 76.5 Å². The standard InChI is InChI=1S/C34H22O2/c1-2-14-36-24-16-22-12-10-20-6-4-8-26-30(20)32(22)28(18-24)34(26)33-25-7-3-5-19-9-11-21-15-23(35-13-1)17-27(33)31(21)29(19)25/h3-12,15-18H,1-2,13-14H2/b34-33-. The van der Waals surface area contributed by atoms with E-state index in [0.717, 1.165) is 24.3 Å². The number of ether oxygens (including phenoxy) is 2. The average molecular weight is 463 g/mol. The van der Waals surface area contributed by atoms with Gasteiger partial charge >= 0.3 is 0 Å². The minimum Gasteiger partial charge on any atom is -0.494 e. The molecule has 36 heavy (non-hydrogen) atoms. The topological polar surface area (TPSA) is 18.5 Å². The molecule has 6 aromatic carbocycles. The van der Waals surface area contributed by atoms with Gasteiger partial charge in [0.15, 0.2) is 0 Å². The van der Waals surface area contributed by atoms with Crippen LogP contribution in [-0.2, 0) is 0 Å². The lowest BCUT2D eigenvalue weighted by Crippen LogP contribution is -2.03. The van der Waals surface area contributed by atoms with Gasteiger partial charge < -0.3 is 9.47 Å². The van der Waals surface area contributed by atoms with E-state index < -0.39 is 0 Å². The van der Waals surface area contributed by atoms with Gasteiger partial charge in [0.25, 0.3) is 0 Å². The van der Waals surface area contributed by atoms with E-state index >= 15 is 0 Å². The second-order valence-corrected chi connectivity index (χ2v) is 10.2. The molecule has 1 heterocycles. The van der Waals surface area contributed by atoms with Crippen LogP contribution in [0.3, 0.4) is 0 Å². The molecule has 0 saturated carbocycles. The SMILES string of the molecule is c1cc2c3c(c1)ccc1cc4cc(c13)/C2=C1/c2cccc3ccc5cc(cc1c5c23)OCCCCO4. The van der Waals surface area contributed by atoms with Gasteiger partial charge in [0.2, 0.25) is 0 Å². The highest BCUT2D eigenvalue weighted by molar-refractivity contribution is 6.33. The summed E-state index contributed by atoms with van der Waals surface area (Å²) in [6, 6.07) is 31.5. The summed E-state index contributed by atoms with van der Waals surface area (Å²) in [5, 5.41) is 10.5. The molecule has 2 aliphatic carbocycles. The molecule has 0 N–H and O–H groups in total. The molecule has 0 radical (unpaired) electrons. The maximum absolute atomic E-state index is 6.31. The van der Waals surface area contributed by atoms with Crippen LogP contribution in [0, 0.1) is 0 Å².